The van der Waals surface area contributed by atoms with Crippen LogP contribution >= 0.6 is 0 Å². The first-order valence-electron chi connectivity index (χ1n) is 7.49. The van der Waals surface area contributed by atoms with Crippen LogP contribution in [-0.4, -0.2) is 14.5 Å². The van der Waals surface area contributed by atoms with E-state index in [0.29, 0.717) is 0 Å². The topological polar surface area (TPSA) is 33.6 Å². The van der Waals surface area contributed by atoms with Crippen LogP contribution in [0.15, 0.2) is 73.2 Å². The normalized spacial score (nSPS) is 11.1. The van der Waals surface area contributed by atoms with Crippen LogP contribution in [0.4, 0.5) is 0 Å². The van der Waals surface area contributed by atoms with Gasteiger partial charge in [0.2, 0.25) is 0 Å². The van der Waals surface area contributed by atoms with E-state index in [-0.39, 0.29) is 0 Å². The van der Waals surface area contributed by atoms with Crippen LogP contribution in [0.25, 0.3) is 10.9 Å². The lowest BCUT2D eigenvalue weighted by Crippen LogP contribution is -1.97. The molecule has 0 atom stereocenters. The van der Waals surface area contributed by atoms with Gasteiger partial charge in [0, 0.05) is 42.5 Å². The Hall–Kier alpha value is -2.81. The van der Waals surface area contributed by atoms with Crippen molar-refractivity contribution in [3.63, 3.8) is 0 Å². The van der Waals surface area contributed by atoms with Gasteiger partial charge in [-0.3, -0.25) is 0 Å². The van der Waals surface area contributed by atoms with Gasteiger partial charge < -0.3 is 9.55 Å². The number of para-hydroxylation sites is 1. The molecule has 4 aromatic rings. The summed E-state index contributed by atoms with van der Waals surface area (Å²) in [5.74, 6) is 1.00. The molecule has 4 rings (SSSR count). The fourth-order valence-electron chi connectivity index (χ4n) is 2.95. The molecule has 3 heteroatoms. The number of benzene rings is 2. The summed E-state index contributed by atoms with van der Waals surface area (Å²) < 4.78 is 2.32. The first-order chi connectivity index (χ1) is 10.9. The molecule has 0 fully saturated rings. The molecule has 0 aliphatic carbocycles. The Balaban J connectivity index is 1.75. The van der Waals surface area contributed by atoms with Gasteiger partial charge in [-0.1, -0.05) is 48.5 Å². The Morgan fingerprint density at radius 3 is 2.59 bits per heavy atom. The van der Waals surface area contributed by atoms with Crippen LogP contribution in [0.2, 0.25) is 0 Å². The van der Waals surface area contributed by atoms with E-state index in [2.05, 4.69) is 75.3 Å². The maximum atomic E-state index is 4.35. The summed E-state index contributed by atoms with van der Waals surface area (Å²) in [6, 6.07) is 19.1. The van der Waals surface area contributed by atoms with Crippen LogP contribution in [-0.2, 0) is 13.0 Å². The molecule has 0 saturated heterocycles. The van der Waals surface area contributed by atoms with Crippen molar-refractivity contribution >= 4 is 10.9 Å². The van der Waals surface area contributed by atoms with Gasteiger partial charge in [0.1, 0.15) is 5.82 Å². The summed E-state index contributed by atoms with van der Waals surface area (Å²) in [7, 11) is 0. The molecule has 108 valence electrons. The number of hydrogen-bond donors (Lipinski definition) is 1. The van der Waals surface area contributed by atoms with E-state index in [9.17, 15) is 0 Å². The SMILES string of the molecule is c1ccc(Cn2cc(Cc3ncc[nH]3)c3ccccc32)cc1. The number of imidazole rings is 1. The Labute approximate surface area is 129 Å². The molecule has 2 heterocycles. The minimum atomic E-state index is 0.829. The number of nitrogens with one attached hydrogen (secondary N) is 1. The second kappa shape index (κ2) is 5.53. The van der Waals surface area contributed by atoms with Crippen molar-refractivity contribution in [2.24, 2.45) is 0 Å². The van der Waals surface area contributed by atoms with Gasteiger partial charge in [0.15, 0.2) is 0 Å². The van der Waals surface area contributed by atoms with Gasteiger partial charge in [0.05, 0.1) is 0 Å². The summed E-state index contributed by atoms with van der Waals surface area (Å²) in [6.07, 6.45) is 6.76. The van der Waals surface area contributed by atoms with Crippen LogP contribution in [0, 0.1) is 0 Å². The van der Waals surface area contributed by atoms with Crippen LogP contribution in [0.5, 0.6) is 0 Å². The standard InChI is InChI=1S/C19H17N3/c1-2-6-15(7-3-1)13-22-14-16(12-19-20-10-11-21-19)17-8-4-5-9-18(17)22/h1-11,14H,12-13H2,(H,20,21). The van der Waals surface area contributed by atoms with E-state index >= 15 is 0 Å². The highest BCUT2D eigenvalue weighted by molar-refractivity contribution is 5.84. The van der Waals surface area contributed by atoms with Gasteiger partial charge in [-0.15, -0.1) is 0 Å². The van der Waals surface area contributed by atoms with Crippen LogP contribution in [0.1, 0.15) is 17.0 Å². The molecule has 0 aliphatic heterocycles. The summed E-state index contributed by atoms with van der Waals surface area (Å²) in [5.41, 5.74) is 3.89. The van der Waals surface area contributed by atoms with Crippen molar-refractivity contribution in [1.29, 1.82) is 0 Å². The smallest absolute Gasteiger partial charge is 0.110 e. The number of aromatic amines is 1. The van der Waals surface area contributed by atoms with Crippen molar-refractivity contribution in [3.05, 3.63) is 90.1 Å². The Bertz CT molecular complexity index is 874. The monoisotopic (exact) mass is 287 g/mol. The third-order valence-electron chi connectivity index (χ3n) is 3.98. The van der Waals surface area contributed by atoms with E-state index in [4.69, 9.17) is 0 Å². The number of hydrogen-bond acceptors (Lipinski definition) is 1. The average molecular weight is 287 g/mol. The Morgan fingerprint density at radius 2 is 1.77 bits per heavy atom. The lowest BCUT2D eigenvalue weighted by Gasteiger charge is -2.05. The van der Waals surface area contributed by atoms with Crippen molar-refractivity contribution < 1.29 is 0 Å². The van der Waals surface area contributed by atoms with Crippen molar-refractivity contribution in [2.45, 2.75) is 13.0 Å². The highest BCUT2D eigenvalue weighted by atomic mass is 15.0. The maximum Gasteiger partial charge on any atom is 0.110 e. The van der Waals surface area contributed by atoms with Gasteiger partial charge in [0.25, 0.3) is 0 Å². The first kappa shape index (κ1) is 12.9. The molecule has 2 aromatic heterocycles. The van der Waals surface area contributed by atoms with Crippen LogP contribution in [0.3, 0.4) is 0 Å². The summed E-state index contributed by atoms with van der Waals surface area (Å²) in [4.78, 5) is 7.54. The number of aromatic nitrogens is 3. The zero-order valence-corrected chi connectivity index (χ0v) is 12.2. The summed E-state index contributed by atoms with van der Waals surface area (Å²) >= 11 is 0. The number of rotatable bonds is 4. The van der Waals surface area contributed by atoms with Gasteiger partial charge in [-0.2, -0.15) is 0 Å². The second-order valence-electron chi connectivity index (χ2n) is 5.50. The predicted octanol–water partition coefficient (Wildman–Crippen LogP) is 4.00. The molecular formula is C19H17N3. The van der Waals surface area contributed by atoms with E-state index in [0.717, 1.165) is 18.8 Å². The second-order valence-corrected chi connectivity index (χ2v) is 5.50. The zero-order valence-electron chi connectivity index (χ0n) is 12.2. The van der Waals surface area contributed by atoms with Crippen molar-refractivity contribution in [1.82, 2.24) is 14.5 Å². The Kier molecular flexibility index (Phi) is 3.24. The minimum Gasteiger partial charge on any atom is -0.348 e. The first-order valence-corrected chi connectivity index (χ1v) is 7.49. The van der Waals surface area contributed by atoms with E-state index < -0.39 is 0 Å². The summed E-state index contributed by atoms with van der Waals surface area (Å²) in [5, 5.41) is 1.30. The molecule has 0 radical (unpaired) electrons. The third-order valence-corrected chi connectivity index (χ3v) is 3.98. The molecule has 2 aromatic carbocycles. The fourth-order valence-corrected chi connectivity index (χ4v) is 2.95. The van der Waals surface area contributed by atoms with E-state index in [1.54, 1.807) is 6.20 Å². The van der Waals surface area contributed by atoms with Crippen molar-refractivity contribution in [3.8, 4) is 0 Å². The zero-order chi connectivity index (χ0) is 14.8. The van der Waals surface area contributed by atoms with Gasteiger partial charge >= 0.3 is 0 Å². The predicted molar refractivity (Wildman–Crippen MR) is 88.9 cm³/mol. The molecule has 0 bridgehead atoms. The molecule has 0 amide bonds. The maximum absolute atomic E-state index is 4.35. The third kappa shape index (κ3) is 2.42. The fraction of sp³-hybridized carbons (Fsp3) is 0.105. The Morgan fingerprint density at radius 1 is 0.955 bits per heavy atom. The molecule has 22 heavy (non-hydrogen) atoms. The molecule has 0 spiro atoms. The summed E-state index contributed by atoms with van der Waals surface area (Å²) in [6.45, 7) is 0.888. The molecule has 3 nitrogen and oxygen atoms in total. The quantitative estimate of drug-likeness (QED) is 0.604. The number of H-pyrrole nitrogens is 1. The van der Waals surface area contributed by atoms with Crippen molar-refractivity contribution in [2.75, 3.05) is 0 Å². The van der Waals surface area contributed by atoms with Gasteiger partial charge in [-0.05, 0) is 17.2 Å². The van der Waals surface area contributed by atoms with Gasteiger partial charge in [-0.25, -0.2) is 4.98 Å². The molecule has 1 N–H and O–H groups in total. The highest BCUT2D eigenvalue weighted by Crippen LogP contribution is 2.24. The highest BCUT2D eigenvalue weighted by Gasteiger charge is 2.09. The lowest BCUT2D eigenvalue weighted by molar-refractivity contribution is 0.830. The minimum absolute atomic E-state index is 0.829. The molecule has 0 saturated carbocycles. The molecule has 0 aliphatic rings. The van der Waals surface area contributed by atoms with E-state index in [1.807, 2.05) is 6.20 Å². The van der Waals surface area contributed by atoms with E-state index in [1.165, 1.54) is 22.0 Å². The number of fused-ring (bicyclic) bond motifs is 1. The molecule has 0 unspecified atom stereocenters. The number of nitrogens with zero attached hydrogens (tertiary/aromatic N) is 2. The average Bonchev–Trinajstić information content (AvgIpc) is 3.18. The molecular weight excluding hydrogens is 270 g/mol. The van der Waals surface area contributed by atoms with Crippen LogP contribution < -0.4 is 0 Å². The lowest BCUT2D eigenvalue weighted by atomic mass is 10.1. The largest absolute Gasteiger partial charge is 0.348 e.